The third kappa shape index (κ3) is 3.13. The summed E-state index contributed by atoms with van der Waals surface area (Å²) >= 11 is 0. The summed E-state index contributed by atoms with van der Waals surface area (Å²) in [5.74, 6) is 0.211. The summed E-state index contributed by atoms with van der Waals surface area (Å²) < 4.78 is 31.6. The second-order valence-corrected chi connectivity index (χ2v) is 6.89. The third-order valence-corrected chi connectivity index (χ3v) is 5.27. The quantitative estimate of drug-likeness (QED) is 0.770. The van der Waals surface area contributed by atoms with Crippen LogP contribution in [-0.4, -0.2) is 40.5 Å². The lowest BCUT2D eigenvalue weighted by molar-refractivity contribution is 0.163. The maximum atomic E-state index is 12.4. The van der Waals surface area contributed by atoms with Crippen molar-refractivity contribution in [3.63, 3.8) is 0 Å². The highest BCUT2D eigenvalue weighted by Gasteiger charge is 2.34. The average Bonchev–Trinajstić information content (AvgIpc) is 2.80. The van der Waals surface area contributed by atoms with Gasteiger partial charge in [0.2, 0.25) is 10.0 Å². The van der Waals surface area contributed by atoms with Crippen molar-refractivity contribution < 1.29 is 13.2 Å². The van der Waals surface area contributed by atoms with Gasteiger partial charge in [-0.15, -0.1) is 0 Å². The van der Waals surface area contributed by atoms with Crippen molar-refractivity contribution >= 4 is 15.7 Å². The highest BCUT2D eigenvalue weighted by Crippen LogP contribution is 2.39. The van der Waals surface area contributed by atoms with Crippen molar-refractivity contribution in [2.24, 2.45) is 5.73 Å². The van der Waals surface area contributed by atoms with Gasteiger partial charge in [0, 0.05) is 19.1 Å². The van der Waals surface area contributed by atoms with Crippen LogP contribution in [0.1, 0.15) is 24.8 Å². The number of hydrogen-bond acceptors (Lipinski definition) is 4. The molecule has 0 bridgehead atoms. The topological polar surface area (TPSA) is 72.6 Å². The van der Waals surface area contributed by atoms with Gasteiger partial charge in [-0.1, -0.05) is 18.2 Å². The number of nitrogens with zero attached hydrogens (tertiary/aromatic N) is 1. The lowest BCUT2D eigenvalue weighted by Crippen LogP contribution is -2.33. The first-order valence-electron chi connectivity index (χ1n) is 6.97. The van der Waals surface area contributed by atoms with Crippen LogP contribution in [0.15, 0.2) is 24.3 Å². The zero-order chi connectivity index (χ0) is 14.6. The highest BCUT2D eigenvalue weighted by molar-refractivity contribution is 7.92. The number of fused-ring (bicyclic) bond motifs is 1. The molecule has 1 aliphatic rings. The number of nitrogens with two attached hydrogens (primary N) is 1. The van der Waals surface area contributed by atoms with E-state index < -0.39 is 10.0 Å². The second kappa shape index (κ2) is 6.56. The minimum Gasteiger partial charge on any atom is -0.381 e. The molecule has 0 spiro atoms. The van der Waals surface area contributed by atoms with Crippen molar-refractivity contribution in [2.75, 3.05) is 36.4 Å². The molecule has 2 rings (SSSR count). The predicted octanol–water partition coefficient (Wildman–Crippen LogP) is 1.31. The lowest BCUT2D eigenvalue weighted by atomic mass is 9.98. The monoisotopic (exact) mass is 298 g/mol. The smallest absolute Gasteiger partial charge is 0.237 e. The molecule has 0 radical (unpaired) electrons. The maximum Gasteiger partial charge on any atom is 0.237 e. The Balaban J connectivity index is 2.21. The maximum absolute atomic E-state index is 12.4. The molecule has 5 nitrogen and oxygen atoms in total. The molecular formula is C14H22N2O3S. The number of hydrogen-bond donors (Lipinski definition) is 1. The summed E-state index contributed by atoms with van der Waals surface area (Å²) in [4.78, 5) is 0. The number of para-hydroxylation sites is 1. The number of rotatable bonds is 7. The molecule has 1 atom stereocenters. The molecule has 1 unspecified atom stereocenters. The Hall–Kier alpha value is -1.11. The lowest BCUT2D eigenvalue weighted by Gasteiger charge is -2.20. The zero-order valence-electron chi connectivity index (χ0n) is 11.8. The Morgan fingerprint density at radius 2 is 2.15 bits per heavy atom. The minimum absolute atomic E-state index is 0.0184. The Bertz CT molecular complexity index is 545. The highest BCUT2D eigenvalue weighted by atomic mass is 32.2. The minimum atomic E-state index is -3.33. The Kier molecular flexibility index (Phi) is 5.01. The first kappa shape index (κ1) is 15.3. The Labute approximate surface area is 120 Å². The summed E-state index contributed by atoms with van der Waals surface area (Å²) in [6.45, 7) is 3.67. The molecule has 6 heteroatoms. The molecule has 1 aromatic rings. The molecule has 1 heterocycles. The summed E-state index contributed by atoms with van der Waals surface area (Å²) in [5, 5.41) is 0. The van der Waals surface area contributed by atoms with E-state index >= 15 is 0 Å². The van der Waals surface area contributed by atoms with E-state index in [1.54, 1.807) is 0 Å². The fraction of sp³-hybridized carbons (Fsp3) is 0.571. The van der Waals surface area contributed by atoms with Crippen LogP contribution >= 0.6 is 0 Å². The normalized spacial score (nSPS) is 18.3. The first-order valence-corrected chi connectivity index (χ1v) is 8.58. The van der Waals surface area contributed by atoms with Crippen LogP contribution in [0.3, 0.4) is 0 Å². The van der Waals surface area contributed by atoms with Crippen molar-refractivity contribution in [1.29, 1.82) is 0 Å². The van der Waals surface area contributed by atoms with Crippen LogP contribution in [0, 0.1) is 0 Å². The third-order valence-electron chi connectivity index (χ3n) is 3.57. The Morgan fingerprint density at radius 1 is 1.40 bits per heavy atom. The first-order chi connectivity index (χ1) is 9.60. The fourth-order valence-corrected chi connectivity index (χ4v) is 4.01. The molecule has 112 valence electrons. The van der Waals surface area contributed by atoms with Crippen LogP contribution < -0.4 is 10.0 Å². The molecule has 0 saturated carbocycles. The van der Waals surface area contributed by atoms with Crippen molar-refractivity contribution in [3.8, 4) is 0 Å². The molecule has 20 heavy (non-hydrogen) atoms. The van der Waals surface area contributed by atoms with Crippen LogP contribution in [0.5, 0.6) is 0 Å². The van der Waals surface area contributed by atoms with E-state index in [1.165, 1.54) is 4.31 Å². The molecule has 0 aliphatic carbocycles. The molecule has 0 saturated heterocycles. The van der Waals surface area contributed by atoms with E-state index in [0.29, 0.717) is 19.7 Å². The molecular weight excluding hydrogens is 276 g/mol. The van der Waals surface area contributed by atoms with Gasteiger partial charge in [0.1, 0.15) is 0 Å². The van der Waals surface area contributed by atoms with Crippen molar-refractivity contribution in [1.82, 2.24) is 0 Å². The number of anilines is 1. The van der Waals surface area contributed by atoms with Gasteiger partial charge in [-0.3, -0.25) is 4.31 Å². The predicted molar refractivity (Wildman–Crippen MR) is 80.5 cm³/mol. The molecule has 0 fully saturated rings. The number of ether oxygens (including phenoxy) is 1. The van der Waals surface area contributed by atoms with Crippen LogP contribution in [0.4, 0.5) is 5.69 Å². The standard InChI is InChI=1S/C14H22N2O3S/c1-2-19-9-10-20(17,18)16-11-12(7-8-15)13-5-3-4-6-14(13)16/h3-6,12H,2,7-11,15H2,1H3. The van der Waals surface area contributed by atoms with E-state index in [0.717, 1.165) is 17.7 Å². The van der Waals surface area contributed by atoms with Gasteiger partial charge in [0.05, 0.1) is 18.0 Å². The average molecular weight is 298 g/mol. The van der Waals surface area contributed by atoms with Gasteiger partial charge in [-0.25, -0.2) is 8.42 Å². The zero-order valence-corrected chi connectivity index (χ0v) is 12.6. The van der Waals surface area contributed by atoms with E-state index in [1.807, 2.05) is 31.2 Å². The van der Waals surface area contributed by atoms with E-state index in [9.17, 15) is 8.42 Å². The van der Waals surface area contributed by atoms with Gasteiger partial charge in [0.25, 0.3) is 0 Å². The molecule has 0 aromatic heterocycles. The van der Waals surface area contributed by atoms with Gasteiger partial charge in [-0.2, -0.15) is 0 Å². The second-order valence-electron chi connectivity index (χ2n) is 4.88. The van der Waals surface area contributed by atoms with Gasteiger partial charge >= 0.3 is 0 Å². The summed E-state index contributed by atoms with van der Waals surface area (Å²) in [6, 6.07) is 7.67. The summed E-state index contributed by atoms with van der Waals surface area (Å²) in [5.41, 5.74) is 7.51. The van der Waals surface area contributed by atoms with E-state index in [-0.39, 0.29) is 18.3 Å². The van der Waals surface area contributed by atoms with E-state index in [4.69, 9.17) is 10.5 Å². The molecule has 2 N–H and O–H groups in total. The van der Waals surface area contributed by atoms with Crippen LogP contribution in [0.25, 0.3) is 0 Å². The van der Waals surface area contributed by atoms with Crippen molar-refractivity contribution in [3.05, 3.63) is 29.8 Å². The number of benzene rings is 1. The van der Waals surface area contributed by atoms with Crippen LogP contribution in [-0.2, 0) is 14.8 Å². The van der Waals surface area contributed by atoms with Crippen molar-refractivity contribution in [2.45, 2.75) is 19.3 Å². The summed E-state index contributed by atoms with van der Waals surface area (Å²) in [6.07, 6.45) is 0.800. The molecule has 1 aromatic carbocycles. The van der Waals surface area contributed by atoms with Gasteiger partial charge < -0.3 is 10.5 Å². The largest absolute Gasteiger partial charge is 0.381 e. The molecule has 1 aliphatic heterocycles. The van der Waals surface area contributed by atoms with E-state index in [2.05, 4.69) is 0 Å². The van der Waals surface area contributed by atoms with Gasteiger partial charge in [0.15, 0.2) is 0 Å². The molecule has 0 amide bonds. The summed E-state index contributed by atoms with van der Waals surface area (Å²) in [7, 11) is -3.33. The Morgan fingerprint density at radius 3 is 2.85 bits per heavy atom. The van der Waals surface area contributed by atoms with Crippen LogP contribution in [0.2, 0.25) is 0 Å². The van der Waals surface area contributed by atoms with Gasteiger partial charge in [-0.05, 0) is 31.5 Å². The number of sulfonamides is 1. The fourth-order valence-electron chi connectivity index (χ4n) is 2.59. The SMILES string of the molecule is CCOCCS(=O)(=O)N1CC(CCN)c2ccccc21.